The van der Waals surface area contributed by atoms with Crippen LogP contribution in [-0.2, 0) is 11.3 Å². The van der Waals surface area contributed by atoms with E-state index in [9.17, 15) is 5.11 Å². The Morgan fingerprint density at radius 2 is 2.62 bits per heavy atom. The number of ether oxygens (including phenoxy) is 1. The van der Waals surface area contributed by atoms with Gasteiger partial charge in [-0.05, 0) is 6.42 Å². The van der Waals surface area contributed by atoms with Crippen molar-refractivity contribution in [2.24, 2.45) is 5.92 Å². The fourth-order valence-corrected chi connectivity index (χ4v) is 1.62. The van der Waals surface area contributed by atoms with Crippen LogP contribution in [0.2, 0.25) is 0 Å². The summed E-state index contributed by atoms with van der Waals surface area (Å²) in [7, 11) is 0. The minimum Gasteiger partial charge on any atom is -0.391 e. The van der Waals surface area contributed by atoms with E-state index < -0.39 is 0 Å². The van der Waals surface area contributed by atoms with Gasteiger partial charge in [0, 0.05) is 31.5 Å². The Balaban J connectivity index is 1.87. The Morgan fingerprint density at radius 1 is 1.69 bits per heavy atom. The lowest BCUT2D eigenvalue weighted by atomic mass is 10.0. The highest BCUT2D eigenvalue weighted by atomic mass is 16.5. The third-order valence-corrected chi connectivity index (χ3v) is 2.47. The van der Waals surface area contributed by atoms with E-state index in [0.29, 0.717) is 19.1 Å². The molecular formula is C9H14N2O2. The van der Waals surface area contributed by atoms with Gasteiger partial charge in [0.2, 0.25) is 0 Å². The van der Waals surface area contributed by atoms with Gasteiger partial charge in [-0.15, -0.1) is 0 Å². The van der Waals surface area contributed by atoms with Crippen molar-refractivity contribution in [2.45, 2.75) is 19.1 Å². The van der Waals surface area contributed by atoms with Crippen molar-refractivity contribution in [3.63, 3.8) is 0 Å². The van der Waals surface area contributed by atoms with Crippen LogP contribution in [-0.4, -0.2) is 34.0 Å². The van der Waals surface area contributed by atoms with Gasteiger partial charge in [0.25, 0.3) is 0 Å². The summed E-state index contributed by atoms with van der Waals surface area (Å²) in [5.41, 5.74) is 0. The first-order chi connectivity index (χ1) is 6.36. The second kappa shape index (κ2) is 3.89. The predicted molar refractivity (Wildman–Crippen MR) is 47.2 cm³/mol. The van der Waals surface area contributed by atoms with Gasteiger partial charge in [-0.3, -0.25) is 0 Å². The first kappa shape index (κ1) is 8.72. The second-order valence-electron chi connectivity index (χ2n) is 3.45. The molecule has 4 nitrogen and oxygen atoms in total. The van der Waals surface area contributed by atoms with E-state index in [4.69, 9.17) is 4.74 Å². The van der Waals surface area contributed by atoms with Crippen LogP contribution in [0.3, 0.4) is 0 Å². The molecule has 1 saturated heterocycles. The van der Waals surface area contributed by atoms with E-state index in [-0.39, 0.29) is 6.10 Å². The molecule has 0 aromatic carbocycles. The van der Waals surface area contributed by atoms with Gasteiger partial charge in [0.1, 0.15) is 0 Å². The number of nitrogens with zero attached hydrogens (tertiary/aromatic N) is 2. The van der Waals surface area contributed by atoms with Crippen molar-refractivity contribution in [3.8, 4) is 0 Å². The highest BCUT2D eigenvalue weighted by Gasteiger charge is 2.23. The number of hydrogen-bond donors (Lipinski definition) is 1. The average molecular weight is 182 g/mol. The third-order valence-electron chi connectivity index (χ3n) is 2.47. The van der Waals surface area contributed by atoms with E-state index in [1.807, 2.05) is 10.8 Å². The number of aliphatic hydroxyl groups is 1. The summed E-state index contributed by atoms with van der Waals surface area (Å²) in [4.78, 5) is 3.92. The fraction of sp³-hybridized carbons (Fsp3) is 0.667. The van der Waals surface area contributed by atoms with Crippen molar-refractivity contribution in [1.82, 2.24) is 9.55 Å². The largest absolute Gasteiger partial charge is 0.391 e. The maximum Gasteiger partial charge on any atom is 0.0946 e. The maximum absolute atomic E-state index is 9.79. The summed E-state index contributed by atoms with van der Waals surface area (Å²) < 4.78 is 7.10. The fourth-order valence-electron chi connectivity index (χ4n) is 1.62. The molecule has 1 aromatic rings. The summed E-state index contributed by atoms with van der Waals surface area (Å²) in [5.74, 6) is 0.294. The van der Waals surface area contributed by atoms with Gasteiger partial charge >= 0.3 is 0 Å². The summed E-state index contributed by atoms with van der Waals surface area (Å²) in [6.07, 6.45) is 5.96. The normalized spacial score (nSPS) is 24.8. The number of aromatic nitrogens is 2. The van der Waals surface area contributed by atoms with Gasteiger partial charge in [-0.1, -0.05) is 0 Å². The van der Waals surface area contributed by atoms with Crippen LogP contribution in [0.15, 0.2) is 18.7 Å². The van der Waals surface area contributed by atoms with Gasteiger partial charge < -0.3 is 14.4 Å². The zero-order valence-electron chi connectivity index (χ0n) is 7.47. The molecule has 1 N–H and O–H groups in total. The van der Waals surface area contributed by atoms with E-state index in [0.717, 1.165) is 13.0 Å². The van der Waals surface area contributed by atoms with Crippen molar-refractivity contribution in [2.75, 3.05) is 13.2 Å². The highest BCUT2D eigenvalue weighted by Crippen LogP contribution is 2.17. The molecule has 0 saturated carbocycles. The molecule has 1 fully saturated rings. The molecule has 2 atom stereocenters. The van der Waals surface area contributed by atoms with Crippen LogP contribution in [0.4, 0.5) is 0 Å². The Kier molecular flexibility index (Phi) is 2.61. The van der Waals surface area contributed by atoms with Crippen LogP contribution in [0.5, 0.6) is 0 Å². The lowest BCUT2D eigenvalue weighted by Crippen LogP contribution is -2.25. The zero-order valence-corrected chi connectivity index (χ0v) is 7.47. The molecule has 13 heavy (non-hydrogen) atoms. The molecule has 1 aliphatic heterocycles. The monoisotopic (exact) mass is 182 g/mol. The molecule has 2 rings (SSSR count). The molecule has 0 amide bonds. The molecule has 72 valence electrons. The van der Waals surface area contributed by atoms with Crippen molar-refractivity contribution in [1.29, 1.82) is 0 Å². The highest BCUT2D eigenvalue weighted by molar-refractivity contribution is 4.79. The first-order valence-corrected chi connectivity index (χ1v) is 4.58. The standard InChI is InChI=1S/C9H14N2O2/c12-9(8-1-4-13-6-8)5-11-3-2-10-7-11/h2-3,7-9,12H,1,4-6H2. The number of aliphatic hydroxyl groups excluding tert-OH is 1. The summed E-state index contributed by atoms with van der Waals surface area (Å²) in [5, 5.41) is 9.79. The smallest absolute Gasteiger partial charge is 0.0946 e. The first-order valence-electron chi connectivity index (χ1n) is 4.58. The average Bonchev–Trinajstić information content (AvgIpc) is 2.74. The Hall–Kier alpha value is -0.870. The summed E-state index contributed by atoms with van der Waals surface area (Å²) >= 11 is 0. The molecule has 1 aliphatic rings. The van der Waals surface area contributed by atoms with E-state index in [1.165, 1.54) is 0 Å². The molecule has 1 aromatic heterocycles. The molecule has 0 radical (unpaired) electrons. The Labute approximate surface area is 77.2 Å². The zero-order chi connectivity index (χ0) is 9.10. The minimum atomic E-state index is -0.309. The lowest BCUT2D eigenvalue weighted by molar-refractivity contribution is 0.0777. The van der Waals surface area contributed by atoms with Crippen LogP contribution >= 0.6 is 0 Å². The second-order valence-corrected chi connectivity index (χ2v) is 3.45. The van der Waals surface area contributed by atoms with Gasteiger partial charge in [0.05, 0.1) is 19.0 Å². The molecular weight excluding hydrogens is 168 g/mol. The maximum atomic E-state index is 9.79. The molecule has 4 heteroatoms. The Morgan fingerprint density at radius 3 is 3.23 bits per heavy atom. The van der Waals surface area contributed by atoms with Gasteiger partial charge in [-0.2, -0.15) is 0 Å². The van der Waals surface area contributed by atoms with Crippen molar-refractivity contribution >= 4 is 0 Å². The molecule has 0 aliphatic carbocycles. The molecule has 0 spiro atoms. The number of hydrogen-bond acceptors (Lipinski definition) is 3. The summed E-state index contributed by atoms with van der Waals surface area (Å²) in [6, 6.07) is 0. The molecule has 2 unspecified atom stereocenters. The topological polar surface area (TPSA) is 47.3 Å². The van der Waals surface area contributed by atoms with Crippen LogP contribution in [0.25, 0.3) is 0 Å². The molecule has 0 bridgehead atoms. The van der Waals surface area contributed by atoms with E-state index in [2.05, 4.69) is 4.98 Å². The van der Waals surface area contributed by atoms with Crippen LogP contribution in [0.1, 0.15) is 6.42 Å². The van der Waals surface area contributed by atoms with Gasteiger partial charge in [0.15, 0.2) is 0 Å². The number of rotatable bonds is 3. The van der Waals surface area contributed by atoms with Crippen LogP contribution < -0.4 is 0 Å². The van der Waals surface area contributed by atoms with Crippen molar-refractivity contribution < 1.29 is 9.84 Å². The van der Waals surface area contributed by atoms with Crippen molar-refractivity contribution in [3.05, 3.63) is 18.7 Å². The third kappa shape index (κ3) is 2.08. The predicted octanol–water partition coefficient (Wildman–Crippen LogP) is 0.280. The van der Waals surface area contributed by atoms with E-state index >= 15 is 0 Å². The van der Waals surface area contributed by atoms with Crippen LogP contribution in [0, 0.1) is 5.92 Å². The summed E-state index contributed by atoms with van der Waals surface area (Å²) in [6.45, 7) is 2.09. The van der Waals surface area contributed by atoms with Gasteiger partial charge in [-0.25, -0.2) is 4.98 Å². The SMILES string of the molecule is OC(Cn1ccnc1)C1CCOC1. The molecule has 2 heterocycles. The minimum absolute atomic E-state index is 0.294. The quantitative estimate of drug-likeness (QED) is 0.730. The van der Waals surface area contributed by atoms with E-state index in [1.54, 1.807) is 12.5 Å². The Bertz CT molecular complexity index is 242. The lowest BCUT2D eigenvalue weighted by Gasteiger charge is -2.16. The number of imidazole rings is 1.